The molecular weight excluding hydrogens is 548 g/mol. The zero-order valence-corrected chi connectivity index (χ0v) is 22.0. The lowest BCUT2D eigenvalue weighted by Crippen LogP contribution is -2.11. The minimum Gasteiger partial charge on any atom is -0.462 e. The van der Waals surface area contributed by atoms with Crippen LogP contribution in [0.1, 0.15) is 22.8 Å². The van der Waals surface area contributed by atoms with Crippen LogP contribution in [-0.2, 0) is 9.53 Å². The van der Waals surface area contributed by atoms with Gasteiger partial charge >= 0.3 is 5.97 Å². The van der Waals surface area contributed by atoms with Crippen LogP contribution in [0.5, 0.6) is 0 Å². The van der Waals surface area contributed by atoms with E-state index in [0.29, 0.717) is 36.6 Å². The fourth-order valence-corrected chi connectivity index (χ4v) is 5.56. The number of hydrogen-bond donors (Lipinski definition) is 1. The highest BCUT2D eigenvalue weighted by Gasteiger charge is 2.19. The van der Waals surface area contributed by atoms with E-state index in [1.54, 1.807) is 67.6 Å². The topological polar surface area (TPSA) is 135 Å². The molecule has 1 amide bonds. The first kappa shape index (κ1) is 26.8. The Balaban J connectivity index is 1.56. The molecule has 0 aliphatic carbocycles. The van der Waals surface area contributed by atoms with Gasteiger partial charge in [-0.25, -0.2) is 9.78 Å². The Labute approximate surface area is 229 Å². The van der Waals surface area contributed by atoms with Gasteiger partial charge in [0.05, 0.1) is 26.6 Å². The maximum atomic E-state index is 12.5. The lowest BCUT2D eigenvalue weighted by atomic mass is 10.1. The van der Waals surface area contributed by atoms with Gasteiger partial charge in [-0.3, -0.25) is 14.9 Å². The summed E-state index contributed by atoms with van der Waals surface area (Å²) in [5, 5.41) is 24.4. The molecule has 0 spiro atoms. The Morgan fingerprint density at radius 3 is 2.66 bits per heavy atom. The summed E-state index contributed by atoms with van der Waals surface area (Å²) in [6, 6.07) is 18.0. The quantitative estimate of drug-likeness (QED) is 0.0817. The Morgan fingerprint density at radius 2 is 1.97 bits per heavy atom. The molecule has 0 aliphatic rings. The number of aromatic nitrogens is 1. The fourth-order valence-electron chi connectivity index (χ4n) is 3.29. The van der Waals surface area contributed by atoms with E-state index in [1.165, 1.54) is 23.5 Å². The molecule has 1 N–H and O–H groups in total. The van der Waals surface area contributed by atoms with Gasteiger partial charge < -0.3 is 10.1 Å². The van der Waals surface area contributed by atoms with Crippen LogP contribution < -0.4 is 5.32 Å². The average molecular weight is 565 g/mol. The molecule has 0 bridgehead atoms. The van der Waals surface area contributed by atoms with Gasteiger partial charge in [-0.1, -0.05) is 29.4 Å². The molecule has 1 aromatic heterocycles. The molecule has 0 radical (unpaired) electrons. The Bertz CT molecular complexity index is 1630. The number of nitro groups is 1. The summed E-state index contributed by atoms with van der Waals surface area (Å²) in [5.41, 5.74) is 1.58. The van der Waals surface area contributed by atoms with Gasteiger partial charge in [0.2, 0.25) is 0 Å². The van der Waals surface area contributed by atoms with Crippen LogP contribution in [0.4, 0.5) is 11.4 Å². The van der Waals surface area contributed by atoms with Crippen LogP contribution in [-0.4, -0.2) is 28.4 Å². The number of hydrogen-bond acceptors (Lipinski definition) is 9. The minimum absolute atomic E-state index is 0.103. The molecule has 0 aliphatic heterocycles. The lowest BCUT2D eigenvalue weighted by Gasteiger charge is -2.05. The number of carbonyl (C=O) groups excluding carboxylic acids is 2. The minimum atomic E-state index is -0.797. The molecule has 0 fully saturated rings. The fraction of sp³-hybridized carbons (Fsp3) is 0.0769. The number of halogens is 1. The number of nitro benzene ring substituents is 1. The summed E-state index contributed by atoms with van der Waals surface area (Å²) in [5.74, 6) is -1.08. The first-order valence-corrected chi connectivity index (χ1v) is 13.0. The maximum absolute atomic E-state index is 12.5. The largest absolute Gasteiger partial charge is 0.462 e. The van der Waals surface area contributed by atoms with Crippen LogP contribution in [0, 0.1) is 21.4 Å². The van der Waals surface area contributed by atoms with E-state index in [1.807, 2.05) is 0 Å². The lowest BCUT2D eigenvalue weighted by molar-refractivity contribution is -0.387. The summed E-state index contributed by atoms with van der Waals surface area (Å²) >= 11 is 8.32. The average Bonchev–Trinajstić information content (AvgIpc) is 3.29. The number of nitrogens with zero attached hydrogens (tertiary/aromatic N) is 3. The van der Waals surface area contributed by atoms with Crippen molar-refractivity contribution in [3.8, 4) is 6.07 Å². The Hall–Kier alpha value is -4.24. The first-order valence-electron chi connectivity index (χ1n) is 11.0. The summed E-state index contributed by atoms with van der Waals surface area (Å²) in [4.78, 5) is 40.5. The van der Waals surface area contributed by atoms with Gasteiger partial charge in [-0.15, -0.1) is 11.3 Å². The van der Waals surface area contributed by atoms with Crippen LogP contribution >= 0.6 is 34.7 Å². The van der Waals surface area contributed by atoms with E-state index in [-0.39, 0.29) is 23.8 Å². The third-order valence-corrected chi connectivity index (χ3v) is 7.43. The summed E-state index contributed by atoms with van der Waals surface area (Å²) < 4.78 is 6.19. The molecule has 9 nitrogen and oxygen atoms in total. The number of nitrogens with one attached hydrogen (secondary N) is 1. The van der Waals surface area contributed by atoms with Crippen LogP contribution in [0.2, 0.25) is 5.02 Å². The van der Waals surface area contributed by atoms with Crippen molar-refractivity contribution < 1.29 is 19.2 Å². The number of ether oxygens (including phenoxy) is 1. The van der Waals surface area contributed by atoms with E-state index >= 15 is 0 Å². The second kappa shape index (κ2) is 11.9. The number of rotatable bonds is 8. The number of anilines is 1. The normalized spacial score (nSPS) is 11.1. The standard InChI is InChI=1S/C26H17ClN4O5S2/c1-2-36-25(33)17(14-28)11-15-3-10-22(21(12-15)31(34)35)37-26-30-20-9-8-19(13-23(20)38-26)29-24(32)16-4-6-18(27)7-5-16/h3-13H,2H2,1H3,(H,29,32)/b17-11+. The molecule has 12 heteroatoms. The second-order valence-electron chi connectivity index (χ2n) is 7.60. The zero-order valence-electron chi connectivity index (χ0n) is 19.6. The van der Waals surface area contributed by atoms with E-state index in [2.05, 4.69) is 10.3 Å². The molecule has 0 unspecified atom stereocenters. The van der Waals surface area contributed by atoms with E-state index in [9.17, 15) is 25.0 Å². The number of benzene rings is 3. The number of nitriles is 1. The SMILES string of the molecule is CCOC(=O)/C(C#N)=C/c1ccc(Sc2nc3ccc(NC(=O)c4ccc(Cl)cc4)cc3s2)c([N+](=O)[O-])c1. The Kier molecular flexibility index (Phi) is 8.38. The van der Waals surface area contributed by atoms with Gasteiger partial charge in [0.1, 0.15) is 11.6 Å². The number of amides is 1. The zero-order chi connectivity index (χ0) is 27.2. The molecule has 190 valence electrons. The Morgan fingerprint density at radius 1 is 1.21 bits per heavy atom. The van der Waals surface area contributed by atoms with Crippen LogP contribution in [0.3, 0.4) is 0 Å². The first-order chi connectivity index (χ1) is 18.3. The number of fused-ring (bicyclic) bond motifs is 1. The summed E-state index contributed by atoms with van der Waals surface area (Å²) in [6.45, 7) is 1.72. The maximum Gasteiger partial charge on any atom is 0.348 e. The van der Waals surface area contributed by atoms with Crippen molar-refractivity contribution in [3.05, 3.63) is 92.5 Å². The summed E-state index contributed by atoms with van der Waals surface area (Å²) in [7, 11) is 0. The molecule has 4 aromatic rings. The molecule has 0 saturated heterocycles. The highest BCUT2D eigenvalue weighted by atomic mass is 35.5. The van der Waals surface area contributed by atoms with Crippen molar-refractivity contribution in [2.45, 2.75) is 16.2 Å². The van der Waals surface area contributed by atoms with Crippen molar-refractivity contribution >= 4 is 74.2 Å². The van der Waals surface area contributed by atoms with Crippen molar-refractivity contribution in [3.63, 3.8) is 0 Å². The van der Waals surface area contributed by atoms with Crippen molar-refractivity contribution in [2.75, 3.05) is 11.9 Å². The third kappa shape index (κ3) is 6.36. The predicted octanol–water partition coefficient (Wildman–Crippen LogP) is 6.73. The molecule has 0 saturated carbocycles. The predicted molar refractivity (Wildman–Crippen MR) is 146 cm³/mol. The summed E-state index contributed by atoms with van der Waals surface area (Å²) in [6.07, 6.45) is 1.25. The number of esters is 1. The van der Waals surface area contributed by atoms with Crippen LogP contribution in [0.15, 0.2) is 75.5 Å². The van der Waals surface area contributed by atoms with Gasteiger partial charge in [-0.05, 0) is 67.1 Å². The van der Waals surface area contributed by atoms with Gasteiger partial charge in [0, 0.05) is 22.3 Å². The van der Waals surface area contributed by atoms with Gasteiger partial charge in [0.25, 0.3) is 11.6 Å². The molecule has 0 atom stereocenters. The smallest absolute Gasteiger partial charge is 0.348 e. The van der Waals surface area contributed by atoms with E-state index in [4.69, 9.17) is 16.3 Å². The van der Waals surface area contributed by atoms with E-state index < -0.39 is 10.9 Å². The molecular formula is C26H17ClN4O5S2. The van der Waals surface area contributed by atoms with Gasteiger partial charge in [-0.2, -0.15) is 5.26 Å². The van der Waals surface area contributed by atoms with Crippen molar-refractivity contribution in [1.82, 2.24) is 4.98 Å². The molecule has 3 aromatic carbocycles. The monoisotopic (exact) mass is 564 g/mol. The van der Waals surface area contributed by atoms with Crippen LogP contribution in [0.25, 0.3) is 16.3 Å². The van der Waals surface area contributed by atoms with Crippen molar-refractivity contribution in [1.29, 1.82) is 5.26 Å². The number of carbonyl (C=O) groups is 2. The highest BCUT2D eigenvalue weighted by molar-refractivity contribution is 8.01. The number of thiazole rings is 1. The van der Waals surface area contributed by atoms with Gasteiger partial charge in [0.15, 0.2) is 4.34 Å². The molecule has 1 heterocycles. The van der Waals surface area contributed by atoms with Crippen molar-refractivity contribution in [2.24, 2.45) is 0 Å². The second-order valence-corrected chi connectivity index (χ2v) is 10.4. The third-order valence-electron chi connectivity index (χ3n) is 5.04. The molecule has 38 heavy (non-hydrogen) atoms. The highest BCUT2D eigenvalue weighted by Crippen LogP contribution is 2.39. The van der Waals surface area contributed by atoms with E-state index in [0.717, 1.165) is 16.5 Å². The molecule has 4 rings (SSSR count).